The van der Waals surface area contributed by atoms with Crippen molar-refractivity contribution < 1.29 is 14.2 Å². The van der Waals surface area contributed by atoms with Crippen LogP contribution in [0.4, 0.5) is 10.1 Å². The number of unbranched alkanes of at least 4 members (excludes halogenated alkanes) is 1. The van der Waals surface area contributed by atoms with Crippen molar-refractivity contribution in [2.24, 2.45) is 5.92 Å². The zero-order valence-electron chi connectivity index (χ0n) is 11.6. The Kier molecular flexibility index (Phi) is 4.22. The van der Waals surface area contributed by atoms with Crippen LogP contribution < -0.4 is 5.32 Å². The number of ether oxygens (including phenoxy) is 1. The second-order valence-electron chi connectivity index (χ2n) is 5.80. The predicted molar refractivity (Wildman–Crippen MR) is 76.2 cm³/mol. The number of aliphatic hydroxyl groups is 1. The van der Waals surface area contributed by atoms with Crippen LogP contribution in [-0.2, 0) is 4.74 Å². The fourth-order valence-corrected chi connectivity index (χ4v) is 3.51. The van der Waals surface area contributed by atoms with Gasteiger partial charge in [0.25, 0.3) is 0 Å². The summed E-state index contributed by atoms with van der Waals surface area (Å²) in [6.07, 6.45) is 5.10. The van der Waals surface area contributed by atoms with Crippen LogP contribution in [0.25, 0.3) is 0 Å². The van der Waals surface area contributed by atoms with E-state index < -0.39 is 0 Å². The first-order valence-electron chi connectivity index (χ1n) is 7.58. The van der Waals surface area contributed by atoms with Crippen LogP contribution in [0.15, 0.2) is 18.2 Å². The zero-order valence-corrected chi connectivity index (χ0v) is 11.6. The molecule has 0 radical (unpaired) electrons. The maximum absolute atomic E-state index is 13.5. The number of benzene rings is 1. The van der Waals surface area contributed by atoms with Crippen LogP contribution in [0.5, 0.6) is 0 Å². The average Bonchev–Trinajstić information content (AvgIpc) is 2.48. The first-order valence-corrected chi connectivity index (χ1v) is 7.58. The number of halogens is 1. The molecule has 0 aromatic heterocycles. The standard InChI is InChI=1S/C16H22FNO2/c17-11-6-7-15-13(10-11)16-12(4-3-9-20-16)14(18-15)5-1-2-8-19/h6-7,10,12,14,16,18-19H,1-5,8-9H2. The second kappa shape index (κ2) is 6.10. The van der Waals surface area contributed by atoms with E-state index in [0.717, 1.165) is 50.0 Å². The fourth-order valence-electron chi connectivity index (χ4n) is 3.51. The van der Waals surface area contributed by atoms with E-state index in [0.29, 0.717) is 12.0 Å². The third-order valence-corrected chi connectivity index (χ3v) is 4.47. The van der Waals surface area contributed by atoms with Gasteiger partial charge in [-0.1, -0.05) is 0 Å². The molecule has 0 spiro atoms. The summed E-state index contributed by atoms with van der Waals surface area (Å²) in [7, 11) is 0. The Morgan fingerprint density at radius 2 is 2.25 bits per heavy atom. The lowest BCUT2D eigenvalue weighted by Crippen LogP contribution is -2.41. The van der Waals surface area contributed by atoms with E-state index in [9.17, 15) is 4.39 Å². The lowest BCUT2D eigenvalue weighted by molar-refractivity contribution is -0.0388. The minimum absolute atomic E-state index is 0.0230. The van der Waals surface area contributed by atoms with Crippen LogP contribution >= 0.6 is 0 Å². The van der Waals surface area contributed by atoms with Crippen LogP contribution in [0, 0.1) is 11.7 Å². The molecule has 1 aromatic carbocycles. The van der Waals surface area contributed by atoms with Crippen molar-refractivity contribution in [3.8, 4) is 0 Å². The molecule has 110 valence electrons. The van der Waals surface area contributed by atoms with Gasteiger partial charge in [-0.05, 0) is 50.3 Å². The molecule has 2 heterocycles. The highest BCUT2D eigenvalue weighted by molar-refractivity contribution is 5.56. The van der Waals surface area contributed by atoms with Crippen molar-refractivity contribution in [3.63, 3.8) is 0 Å². The number of hydrogen-bond acceptors (Lipinski definition) is 3. The second-order valence-corrected chi connectivity index (χ2v) is 5.80. The number of fused-ring (bicyclic) bond motifs is 3. The molecule has 0 saturated carbocycles. The third kappa shape index (κ3) is 2.67. The zero-order chi connectivity index (χ0) is 13.9. The first-order chi connectivity index (χ1) is 9.79. The van der Waals surface area contributed by atoms with E-state index in [1.165, 1.54) is 6.07 Å². The summed E-state index contributed by atoms with van der Waals surface area (Å²) >= 11 is 0. The van der Waals surface area contributed by atoms with Gasteiger partial charge in [0.1, 0.15) is 5.82 Å². The molecule has 1 aromatic rings. The van der Waals surface area contributed by atoms with E-state index in [1.54, 1.807) is 6.07 Å². The molecule has 2 aliphatic rings. The highest BCUT2D eigenvalue weighted by Crippen LogP contribution is 2.44. The number of nitrogens with one attached hydrogen (secondary N) is 1. The number of hydrogen-bond donors (Lipinski definition) is 2. The van der Waals surface area contributed by atoms with Gasteiger partial charge < -0.3 is 15.2 Å². The molecule has 1 saturated heterocycles. The van der Waals surface area contributed by atoms with Crippen molar-refractivity contribution in [1.82, 2.24) is 0 Å². The summed E-state index contributed by atoms with van der Waals surface area (Å²) in [4.78, 5) is 0. The molecule has 3 unspecified atom stereocenters. The summed E-state index contributed by atoms with van der Waals surface area (Å²) in [6, 6.07) is 5.29. The van der Waals surface area contributed by atoms with Crippen molar-refractivity contribution in [3.05, 3.63) is 29.6 Å². The molecule has 3 atom stereocenters. The SMILES string of the molecule is OCCCCC1Nc2ccc(F)cc2C2OCCCC12. The first kappa shape index (κ1) is 13.8. The topological polar surface area (TPSA) is 41.5 Å². The molecule has 0 amide bonds. The van der Waals surface area contributed by atoms with Crippen LogP contribution in [0.2, 0.25) is 0 Å². The maximum atomic E-state index is 13.5. The Labute approximate surface area is 119 Å². The summed E-state index contributed by atoms with van der Waals surface area (Å²) in [5, 5.41) is 12.5. The minimum atomic E-state index is -0.197. The number of anilines is 1. The average molecular weight is 279 g/mol. The lowest BCUT2D eigenvalue weighted by Gasteiger charge is -2.43. The van der Waals surface area contributed by atoms with Gasteiger partial charge in [0, 0.05) is 36.4 Å². The van der Waals surface area contributed by atoms with Gasteiger partial charge >= 0.3 is 0 Å². The maximum Gasteiger partial charge on any atom is 0.123 e. The van der Waals surface area contributed by atoms with Crippen molar-refractivity contribution in [2.45, 2.75) is 44.2 Å². The Balaban J connectivity index is 1.83. The minimum Gasteiger partial charge on any atom is -0.396 e. The smallest absolute Gasteiger partial charge is 0.123 e. The normalized spacial score (nSPS) is 28.4. The van der Waals surface area contributed by atoms with Crippen LogP contribution in [0.3, 0.4) is 0 Å². The van der Waals surface area contributed by atoms with Crippen molar-refractivity contribution in [1.29, 1.82) is 0 Å². The van der Waals surface area contributed by atoms with Crippen molar-refractivity contribution in [2.75, 3.05) is 18.5 Å². The van der Waals surface area contributed by atoms with Gasteiger partial charge in [-0.15, -0.1) is 0 Å². The summed E-state index contributed by atoms with van der Waals surface area (Å²) < 4.78 is 19.4. The third-order valence-electron chi connectivity index (χ3n) is 4.47. The van der Waals surface area contributed by atoms with Gasteiger partial charge in [0.05, 0.1) is 6.10 Å². The number of aliphatic hydroxyl groups excluding tert-OH is 1. The van der Waals surface area contributed by atoms with E-state index >= 15 is 0 Å². The van der Waals surface area contributed by atoms with Crippen LogP contribution in [0.1, 0.15) is 43.8 Å². The molecule has 3 nitrogen and oxygen atoms in total. The molecule has 1 fully saturated rings. The molecule has 2 N–H and O–H groups in total. The Morgan fingerprint density at radius 3 is 3.10 bits per heavy atom. The largest absolute Gasteiger partial charge is 0.396 e. The summed E-state index contributed by atoms with van der Waals surface area (Å²) in [5.74, 6) is 0.217. The Bertz CT molecular complexity index is 466. The summed E-state index contributed by atoms with van der Waals surface area (Å²) in [6.45, 7) is 1.01. The number of rotatable bonds is 4. The van der Waals surface area contributed by atoms with Gasteiger partial charge in [0.15, 0.2) is 0 Å². The van der Waals surface area contributed by atoms with Gasteiger partial charge in [-0.2, -0.15) is 0 Å². The Morgan fingerprint density at radius 1 is 1.35 bits per heavy atom. The monoisotopic (exact) mass is 279 g/mol. The molecule has 20 heavy (non-hydrogen) atoms. The van der Waals surface area contributed by atoms with E-state index in [1.807, 2.05) is 6.07 Å². The molecular formula is C16H22FNO2. The molecule has 0 aliphatic carbocycles. The molecule has 2 aliphatic heterocycles. The van der Waals surface area contributed by atoms with Crippen LogP contribution in [-0.4, -0.2) is 24.4 Å². The molecule has 4 heteroatoms. The van der Waals surface area contributed by atoms with Gasteiger partial charge in [0.2, 0.25) is 0 Å². The predicted octanol–water partition coefficient (Wildman–Crippen LogP) is 3.25. The van der Waals surface area contributed by atoms with E-state index in [-0.39, 0.29) is 18.5 Å². The van der Waals surface area contributed by atoms with Gasteiger partial charge in [-0.25, -0.2) is 4.39 Å². The molecule has 0 bridgehead atoms. The summed E-state index contributed by atoms with van der Waals surface area (Å²) in [5.41, 5.74) is 1.97. The van der Waals surface area contributed by atoms with E-state index in [2.05, 4.69) is 5.32 Å². The quantitative estimate of drug-likeness (QED) is 0.831. The highest BCUT2D eigenvalue weighted by atomic mass is 19.1. The van der Waals surface area contributed by atoms with E-state index in [4.69, 9.17) is 9.84 Å². The molecule has 3 rings (SSSR count). The van der Waals surface area contributed by atoms with Crippen molar-refractivity contribution >= 4 is 5.69 Å². The lowest BCUT2D eigenvalue weighted by atomic mass is 9.78. The molecular weight excluding hydrogens is 257 g/mol. The highest BCUT2D eigenvalue weighted by Gasteiger charge is 2.38. The Hall–Kier alpha value is -1.13. The van der Waals surface area contributed by atoms with Gasteiger partial charge in [-0.3, -0.25) is 0 Å². The fraction of sp³-hybridized carbons (Fsp3) is 0.625.